The van der Waals surface area contributed by atoms with Crippen molar-refractivity contribution in [2.24, 2.45) is 4.99 Å². The molecule has 6 heteroatoms. The van der Waals surface area contributed by atoms with Gasteiger partial charge >= 0.3 is 0 Å². The second-order valence-electron chi connectivity index (χ2n) is 7.68. The predicted molar refractivity (Wildman–Crippen MR) is 111 cm³/mol. The lowest BCUT2D eigenvalue weighted by molar-refractivity contribution is 0.221. The number of aliphatic imine (C=N–C) groups is 1. The van der Waals surface area contributed by atoms with E-state index in [0.29, 0.717) is 0 Å². The van der Waals surface area contributed by atoms with Crippen molar-refractivity contribution >= 4 is 5.96 Å². The Morgan fingerprint density at radius 3 is 2.59 bits per heavy atom. The number of nitrogens with zero attached hydrogens (tertiary/aromatic N) is 3. The molecule has 1 aromatic heterocycles. The summed E-state index contributed by atoms with van der Waals surface area (Å²) in [5, 5.41) is 6.89. The van der Waals surface area contributed by atoms with Crippen molar-refractivity contribution in [2.45, 2.75) is 51.5 Å². The molecule has 0 saturated carbocycles. The number of rotatable bonds is 10. The number of hydrogen-bond acceptors (Lipinski definition) is 4. The molecule has 0 bridgehead atoms. The SMILES string of the molecule is CCNC(=NCC(c1ccco1)N1CCCC1)NCCCCN1CCCC1. The lowest BCUT2D eigenvalue weighted by Crippen LogP contribution is -2.39. The first-order valence-electron chi connectivity index (χ1n) is 10.9. The molecule has 2 aliphatic heterocycles. The van der Waals surface area contributed by atoms with Gasteiger partial charge < -0.3 is 20.0 Å². The predicted octanol–water partition coefficient (Wildman–Crippen LogP) is 2.85. The highest BCUT2D eigenvalue weighted by atomic mass is 16.3. The van der Waals surface area contributed by atoms with Gasteiger partial charge in [-0.2, -0.15) is 0 Å². The molecule has 2 saturated heterocycles. The molecular formula is C21H37N5O. The molecule has 0 spiro atoms. The second-order valence-corrected chi connectivity index (χ2v) is 7.68. The van der Waals surface area contributed by atoms with E-state index in [0.717, 1.165) is 44.4 Å². The van der Waals surface area contributed by atoms with Gasteiger partial charge in [-0.15, -0.1) is 0 Å². The number of guanidine groups is 1. The van der Waals surface area contributed by atoms with Crippen molar-refractivity contribution in [1.29, 1.82) is 0 Å². The summed E-state index contributed by atoms with van der Waals surface area (Å²) >= 11 is 0. The summed E-state index contributed by atoms with van der Waals surface area (Å²) < 4.78 is 5.71. The third-order valence-corrected chi connectivity index (χ3v) is 5.61. The summed E-state index contributed by atoms with van der Waals surface area (Å²) in [4.78, 5) is 9.96. The Hall–Kier alpha value is -1.53. The zero-order valence-electron chi connectivity index (χ0n) is 17.0. The Balaban J connectivity index is 1.45. The minimum atomic E-state index is 0.244. The van der Waals surface area contributed by atoms with E-state index in [1.165, 1.54) is 58.2 Å². The van der Waals surface area contributed by atoms with Crippen LogP contribution in [-0.2, 0) is 0 Å². The third-order valence-electron chi connectivity index (χ3n) is 5.61. The fraction of sp³-hybridized carbons (Fsp3) is 0.762. The minimum Gasteiger partial charge on any atom is -0.468 e. The maximum atomic E-state index is 5.71. The molecule has 1 atom stereocenters. The van der Waals surface area contributed by atoms with Gasteiger partial charge in [-0.1, -0.05) is 0 Å². The van der Waals surface area contributed by atoms with E-state index in [4.69, 9.17) is 9.41 Å². The van der Waals surface area contributed by atoms with Crippen molar-refractivity contribution in [1.82, 2.24) is 20.4 Å². The first kappa shape index (κ1) is 20.2. The zero-order valence-corrected chi connectivity index (χ0v) is 17.0. The van der Waals surface area contributed by atoms with Crippen LogP contribution in [0.4, 0.5) is 0 Å². The Morgan fingerprint density at radius 2 is 1.89 bits per heavy atom. The molecule has 6 nitrogen and oxygen atoms in total. The topological polar surface area (TPSA) is 56.0 Å². The van der Waals surface area contributed by atoms with Crippen molar-refractivity contribution < 1.29 is 4.42 Å². The Kier molecular flexibility index (Phi) is 8.49. The highest BCUT2D eigenvalue weighted by Gasteiger charge is 2.25. The number of unbranched alkanes of at least 4 members (excludes halogenated alkanes) is 1. The average molecular weight is 376 g/mol. The van der Waals surface area contributed by atoms with Crippen LogP contribution in [0.15, 0.2) is 27.8 Å². The van der Waals surface area contributed by atoms with Crippen LogP contribution < -0.4 is 10.6 Å². The van der Waals surface area contributed by atoms with E-state index in [-0.39, 0.29) is 6.04 Å². The van der Waals surface area contributed by atoms with Gasteiger partial charge in [-0.25, -0.2) is 0 Å². The number of hydrogen-bond donors (Lipinski definition) is 2. The highest BCUT2D eigenvalue weighted by Crippen LogP contribution is 2.25. The summed E-state index contributed by atoms with van der Waals surface area (Å²) in [6, 6.07) is 4.30. The van der Waals surface area contributed by atoms with Crippen LogP contribution in [0.25, 0.3) is 0 Å². The highest BCUT2D eigenvalue weighted by molar-refractivity contribution is 5.79. The van der Waals surface area contributed by atoms with E-state index in [1.54, 1.807) is 6.26 Å². The maximum Gasteiger partial charge on any atom is 0.191 e. The molecule has 2 fully saturated rings. The van der Waals surface area contributed by atoms with Crippen molar-refractivity contribution in [3.63, 3.8) is 0 Å². The summed E-state index contributed by atoms with van der Waals surface area (Å²) in [5.74, 6) is 1.96. The Labute approximate surface area is 164 Å². The van der Waals surface area contributed by atoms with Crippen molar-refractivity contribution in [3.05, 3.63) is 24.2 Å². The molecule has 3 heterocycles. The zero-order chi connectivity index (χ0) is 18.7. The standard InChI is InChI=1S/C21H37N5O/c1-2-22-21(23-11-3-4-12-25-13-5-6-14-25)24-18-19(20-10-9-17-27-20)26-15-7-8-16-26/h9-10,17,19H,2-8,11-16,18H2,1H3,(H2,22,23,24). The van der Waals surface area contributed by atoms with E-state index in [1.807, 2.05) is 6.07 Å². The molecule has 27 heavy (non-hydrogen) atoms. The largest absolute Gasteiger partial charge is 0.468 e. The average Bonchev–Trinajstić information content (AvgIpc) is 3.44. The fourth-order valence-electron chi connectivity index (χ4n) is 4.11. The maximum absolute atomic E-state index is 5.71. The van der Waals surface area contributed by atoms with E-state index in [2.05, 4.69) is 33.4 Å². The minimum absolute atomic E-state index is 0.244. The van der Waals surface area contributed by atoms with Crippen molar-refractivity contribution in [3.8, 4) is 0 Å². The van der Waals surface area contributed by atoms with Gasteiger partial charge in [0, 0.05) is 13.1 Å². The summed E-state index contributed by atoms with van der Waals surface area (Å²) in [7, 11) is 0. The lowest BCUT2D eigenvalue weighted by Gasteiger charge is -2.24. The molecule has 152 valence electrons. The van der Waals surface area contributed by atoms with E-state index < -0.39 is 0 Å². The van der Waals surface area contributed by atoms with Gasteiger partial charge in [0.2, 0.25) is 0 Å². The molecule has 3 rings (SSSR count). The number of likely N-dealkylation sites (tertiary alicyclic amines) is 2. The molecule has 2 N–H and O–H groups in total. The number of nitrogens with one attached hydrogen (secondary N) is 2. The molecule has 0 aliphatic carbocycles. The van der Waals surface area contributed by atoms with Crippen LogP contribution in [0.1, 0.15) is 57.3 Å². The molecular weight excluding hydrogens is 338 g/mol. The van der Waals surface area contributed by atoms with Crippen LogP contribution in [0.3, 0.4) is 0 Å². The number of furan rings is 1. The van der Waals surface area contributed by atoms with Crippen LogP contribution in [0.5, 0.6) is 0 Å². The summed E-state index contributed by atoms with van der Waals surface area (Å²) in [6.07, 6.45) is 9.52. The van der Waals surface area contributed by atoms with Crippen LogP contribution in [0.2, 0.25) is 0 Å². The first-order valence-corrected chi connectivity index (χ1v) is 10.9. The van der Waals surface area contributed by atoms with Gasteiger partial charge in [0.25, 0.3) is 0 Å². The van der Waals surface area contributed by atoms with Crippen LogP contribution in [-0.4, -0.2) is 68.1 Å². The Morgan fingerprint density at radius 1 is 1.11 bits per heavy atom. The van der Waals surface area contributed by atoms with Gasteiger partial charge in [0.15, 0.2) is 5.96 Å². The van der Waals surface area contributed by atoms with Crippen molar-refractivity contribution in [2.75, 3.05) is 52.4 Å². The molecule has 1 aromatic rings. The fourth-order valence-corrected chi connectivity index (χ4v) is 4.11. The monoisotopic (exact) mass is 375 g/mol. The molecule has 2 aliphatic rings. The van der Waals surface area contributed by atoms with Gasteiger partial charge in [-0.3, -0.25) is 9.89 Å². The van der Waals surface area contributed by atoms with Gasteiger partial charge in [0.1, 0.15) is 5.76 Å². The second kappa shape index (κ2) is 11.3. The molecule has 0 aromatic carbocycles. The Bertz CT molecular complexity index is 533. The molecule has 1 unspecified atom stereocenters. The normalized spacial score (nSPS) is 20.3. The van der Waals surface area contributed by atoms with E-state index >= 15 is 0 Å². The van der Waals surface area contributed by atoms with Crippen LogP contribution >= 0.6 is 0 Å². The first-order chi connectivity index (χ1) is 13.4. The van der Waals surface area contributed by atoms with Gasteiger partial charge in [0.05, 0.1) is 18.8 Å². The smallest absolute Gasteiger partial charge is 0.191 e. The van der Waals surface area contributed by atoms with Gasteiger partial charge in [-0.05, 0) is 90.3 Å². The summed E-state index contributed by atoms with van der Waals surface area (Å²) in [6.45, 7) is 10.8. The molecule has 0 amide bonds. The lowest BCUT2D eigenvalue weighted by atomic mass is 10.2. The third kappa shape index (κ3) is 6.54. The molecule has 0 radical (unpaired) electrons. The van der Waals surface area contributed by atoms with Crippen LogP contribution in [0, 0.1) is 0 Å². The summed E-state index contributed by atoms with van der Waals surface area (Å²) in [5.41, 5.74) is 0. The van der Waals surface area contributed by atoms with E-state index in [9.17, 15) is 0 Å². The quantitative estimate of drug-likeness (QED) is 0.374.